The molecule has 1 aromatic rings. The van der Waals surface area contributed by atoms with E-state index in [1.165, 1.54) is 51.4 Å². The number of nitrogens with one attached hydrogen (secondary N) is 1. The maximum absolute atomic E-state index is 6.05. The molecule has 4 nitrogen and oxygen atoms in total. The normalized spacial score (nSPS) is 20.1. The molecule has 0 atom stereocenters. The largest absolute Gasteiger partial charge is 0.490 e. The summed E-state index contributed by atoms with van der Waals surface area (Å²) in [6, 6.07) is 8.27. The van der Waals surface area contributed by atoms with Gasteiger partial charge in [-0.1, -0.05) is 25.0 Å². The summed E-state index contributed by atoms with van der Waals surface area (Å²) in [4.78, 5) is 4.41. The number of benzene rings is 1. The number of guanidine groups is 1. The summed E-state index contributed by atoms with van der Waals surface area (Å²) in [5.74, 6) is 2.32. The molecule has 2 saturated carbocycles. The van der Waals surface area contributed by atoms with Crippen LogP contribution in [0, 0.1) is 5.92 Å². The number of hydrogen-bond acceptors (Lipinski definition) is 2. The maximum Gasteiger partial charge on any atom is 0.188 e. The first-order valence-corrected chi connectivity index (χ1v) is 9.09. The van der Waals surface area contributed by atoms with Gasteiger partial charge in [-0.15, -0.1) is 0 Å². The predicted molar refractivity (Wildman–Crippen MR) is 94.6 cm³/mol. The molecule has 1 aromatic carbocycles. The molecule has 0 aliphatic heterocycles. The van der Waals surface area contributed by atoms with Crippen molar-refractivity contribution in [2.45, 2.75) is 64.0 Å². The Morgan fingerprint density at radius 1 is 1.04 bits per heavy atom. The van der Waals surface area contributed by atoms with E-state index in [0.717, 1.165) is 23.8 Å². The molecular formula is C19H29N3O. The van der Waals surface area contributed by atoms with Gasteiger partial charge in [-0.2, -0.15) is 0 Å². The van der Waals surface area contributed by atoms with Gasteiger partial charge in [0, 0.05) is 6.54 Å². The fourth-order valence-corrected chi connectivity index (χ4v) is 3.23. The minimum atomic E-state index is 0.402. The second-order valence-electron chi connectivity index (χ2n) is 6.90. The van der Waals surface area contributed by atoms with Gasteiger partial charge in [-0.05, 0) is 62.1 Å². The smallest absolute Gasteiger partial charge is 0.188 e. The predicted octanol–water partition coefficient (Wildman–Crippen LogP) is 3.60. The topological polar surface area (TPSA) is 59.6 Å². The quantitative estimate of drug-likeness (QED) is 0.623. The van der Waals surface area contributed by atoms with Crippen LogP contribution < -0.4 is 15.8 Å². The van der Waals surface area contributed by atoms with Gasteiger partial charge in [0.05, 0.1) is 12.6 Å². The molecule has 0 spiro atoms. The third kappa shape index (κ3) is 5.15. The lowest BCUT2D eigenvalue weighted by atomic mass is 9.85. The van der Waals surface area contributed by atoms with Crippen LogP contribution in [0.15, 0.2) is 29.3 Å². The van der Waals surface area contributed by atoms with Gasteiger partial charge in [-0.25, -0.2) is 4.99 Å². The lowest BCUT2D eigenvalue weighted by Crippen LogP contribution is -2.37. The molecule has 3 N–H and O–H groups in total. The molecule has 0 unspecified atom stereocenters. The number of aliphatic imine (C=N–C) groups is 1. The first kappa shape index (κ1) is 16.2. The van der Waals surface area contributed by atoms with Crippen LogP contribution >= 0.6 is 0 Å². The highest BCUT2D eigenvalue weighted by atomic mass is 16.5. The molecule has 0 saturated heterocycles. The molecule has 0 radical (unpaired) electrons. The number of nitrogens with zero attached hydrogens (tertiary/aromatic N) is 1. The van der Waals surface area contributed by atoms with E-state index >= 15 is 0 Å². The van der Waals surface area contributed by atoms with Crippen molar-refractivity contribution in [2.75, 3.05) is 6.54 Å². The Kier molecular flexibility index (Phi) is 5.78. The summed E-state index contributed by atoms with van der Waals surface area (Å²) >= 11 is 0. The van der Waals surface area contributed by atoms with Crippen LogP contribution in [0.5, 0.6) is 5.75 Å². The average Bonchev–Trinajstić information content (AvgIpc) is 2.54. The van der Waals surface area contributed by atoms with Gasteiger partial charge in [0.15, 0.2) is 5.96 Å². The molecule has 2 aliphatic carbocycles. The maximum atomic E-state index is 6.05. The second-order valence-corrected chi connectivity index (χ2v) is 6.90. The molecule has 0 amide bonds. The first-order valence-electron chi connectivity index (χ1n) is 9.09. The van der Waals surface area contributed by atoms with Crippen molar-refractivity contribution in [1.82, 2.24) is 5.32 Å². The third-order valence-corrected chi connectivity index (χ3v) is 5.01. The minimum Gasteiger partial charge on any atom is -0.490 e. The Morgan fingerprint density at radius 2 is 1.78 bits per heavy atom. The van der Waals surface area contributed by atoms with Crippen LogP contribution in [0.2, 0.25) is 0 Å². The minimum absolute atomic E-state index is 0.402. The number of hydrogen-bond donors (Lipinski definition) is 2. The van der Waals surface area contributed by atoms with Crippen LogP contribution in [0.4, 0.5) is 0 Å². The van der Waals surface area contributed by atoms with Crippen LogP contribution in [0.3, 0.4) is 0 Å². The molecule has 0 aromatic heterocycles. The van der Waals surface area contributed by atoms with Crippen molar-refractivity contribution in [1.29, 1.82) is 0 Å². The SMILES string of the molecule is NC(=NCc1ccc(OC2CCCCC2)cc1)NCC1CCC1. The van der Waals surface area contributed by atoms with E-state index in [9.17, 15) is 0 Å². The van der Waals surface area contributed by atoms with Crippen molar-refractivity contribution in [3.8, 4) is 5.75 Å². The lowest BCUT2D eigenvalue weighted by molar-refractivity contribution is 0.155. The summed E-state index contributed by atoms with van der Waals surface area (Å²) in [6.07, 6.45) is 10.7. The molecule has 126 valence electrons. The molecule has 2 fully saturated rings. The van der Waals surface area contributed by atoms with Crippen LogP contribution in [0.25, 0.3) is 0 Å². The van der Waals surface area contributed by atoms with Gasteiger partial charge >= 0.3 is 0 Å². The average molecular weight is 315 g/mol. The highest BCUT2D eigenvalue weighted by Crippen LogP contribution is 2.25. The van der Waals surface area contributed by atoms with Crippen molar-refractivity contribution >= 4 is 5.96 Å². The zero-order chi connectivity index (χ0) is 15.9. The molecule has 0 bridgehead atoms. The Hall–Kier alpha value is -1.71. The molecule has 0 heterocycles. The molecule has 23 heavy (non-hydrogen) atoms. The van der Waals surface area contributed by atoms with E-state index in [1.807, 2.05) is 0 Å². The van der Waals surface area contributed by atoms with Gasteiger partial charge in [0.1, 0.15) is 5.75 Å². The van der Waals surface area contributed by atoms with E-state index in [1.54, 1.807) is 0 Å². The van der Waals surface area contributed by atoms with E-state index in [2.05, 4.69) is 34.6 Å². The second kappa shape index (κ2) is 8.23. The molecular weight excluding hydrogens is 286 g/mol. The van der Waals surface area contributed by atoms with Gasteiger partial charge in [0.2, 0.25) is 0 Å². The Morgan fingerprint density at radius 3 is 2.43 bits per heavy atom. The lowest BCUT2D eigenvalue weighted by Gasteiger charge is -2.25. The van der Waals surface area contributed by atoms with E-state index in [-0.39, 0.29) is 0 Å². The highest BCUT2D eigenvalue weighted by molar-refractivity contribution is 5.77. The zero-order valence-electron chi connectivity index (χ0n) is 14.0. The highest BCUT2D eigenvalue weighted by Gasteiger charge is 2.17. The third-order valence-electron chi connectivity index (χ3n) is 5.01. The number of nitrogens with two attached hydrogens (primary N) is 1. The van der Waals surface area contributed by atoms with Gasteiger partial charge < -0.3 is 15.8 Å². The fourth-order valence-electron chi connectivity index (χ4n) is 3.23. The summed E-state index contributed by atoms with van der Waals surface area (Å²) in [5.41, 5.74) is 7.08. The standard InChI is InChI=1S/C19H29N3O/c20-19(21-13-15-5-4-6-15)22-14-16-9-11-18(12-10-16)23-17-7-2-1-3-8-17/h9-12,15,17H,1-8,13-14H2,(H3,20,21,22). The number of ether oxygens (including phenoxy) is 1. The first-order chi connectivity index (χ1) is 11.3. The summed E-state index contributed by atoms with van der Waals surface area (Å²) in [5, 5.41) is 3.22. The van der Waals surface area contributed by atoms with Crippen molar-refractivity contribution in [2.24, 2.45) is 16.6 Å². The summed E-state index contributed by atoms with van der Waals surface area (Å²) < 4.78 is 6.05. The summed E-state index contributed by atoms with van der Waals surface area (Å²) in [7, 11) is 0. The molecule has 2 aliphatic rings. The van der Waals surface area contributed by atoms with Gasteiger partial charge in [0.25, 0.3) is 0 Å². The van der Waals surface area contributed by atoms with E-state index in [0.29, 0.717) is 18.6 Å². The van der Waals surface area contributed by atoms with Crippen molar-refractivity contribution in [3.05, 3.63) is 29.8 Å². The van der Waals surface area contributed by atoms with E-state index < -0.39 is 0 Å². The van der Waals surface area contributed by atoms with Crippen LogP contribution in [-0.2, 0) is 6.54 Å². The molecule has 3 rings (SSSR count). The van der Waals surface area contributed by atoms with Gasteiger partial charge in [-0.3, -0.25) is 0 Å². The Labute approximate surface area is 139 Å². The number of rotatable bonds is 6. The van der Waals surface area contributed by atoms with Crippen molar-refractivity contribution < 1.29 is 4.74 Å². The molecule has 4 heteroatoms. The Bertz CT molecular complexity index is 502. The monoisotopic (exact) mass is 315 g/mol. The summed E-state index contributed by atoms with van der Waals surface area (Å²) in [6.45, 7) is 1.58. The van der Waals surface area contributed by atoms with Crippen LogP contribution in [0.1, 0.15) is 56.9 Å². The fraction of sp³-hybridized carbons (Fsp3) is 0.632. The van der Waals surface area contributed by atoms with Crippen molar-refractivity contribution in [3.63, 3.8) is 0 Å². The Balaban J connectivity index is 1.42. The van der Waals surface area contributed by atoms with Crippen LogP contribution in [-0.4, -0.2) is 18.6 Å². The zero-order valence-corrected chi connectivity index (χ0v) is 14.0. The van der Waals surface area contributed by atoms with E-state index in [4.69, 9.17) is 10.5 Å².